The number of halogens is 2. The van der Waals surface area contributed by atoms with E-state index in [-0.39, 0.29) is 5.91 Å². The van der Waals surface area contributed by atoms with Crippen LogP contribution in [0.15, 0.2) is 42.5 Å². The molecule has 0 aromatic heterocycles. The second-order valence-corrected chi connectivity index (χ2v) is 6.12. The molecular formula is C18H20Cl2N2O. The molecule has 23 heavy (non-hydrogen) atoms. The normalized spacial score (nSPS) is 10.4. The number of nitrogens with one attached hydrogen (secondary N) is 1. The van der Waals surface area contributed by atoms with Crippen LogP contribution in [-0.4, -0.2) is 19.0 Å². The summed E-state index contributed by atoms with van der Waals surface area (Å²) in [5.41, 5.74) is 2.81. The van der Waals surface area contributed by atoms with E-state index in [9.17, 15) is 4.79 Å². The highest BCUT2D eigenvalue weighted by Crippen LogP contribution is 2.25. The zero-order valence-corrected chi connectivity index (χ0v) is 14.8. The Morgan fingerprint density at radius 3 is 2.65 bits per heavy atom. The van der Waals surface area contributed by atoms with Crippen molar-refractivity contribution in [1.29, 1.82) is 0 Å². The lowest BCUT2D eigenvalue weighted by atomic mass is 10.2. The largest absolute Gasteiger partial charge is 0.383 e. The number of amides is 1. The minimum Gasteiger partial charge on any atom is -0.383 e. The van der Waals surface area contributed by atoms with E-state index in [0.29, 0.717) is 29.6 Å². The van der Waals surface area contributed by atoms with Crippen LogP contribution in [0.25, 0.3) is 0 Å². The Morgan fingerprint density at radius 1 is 1.17 bits per heavy atom. The fourth-order valence-electron chi connectivity index (χ4n) is 2.37. The minimum atomic E-state index is 0.0729. The van der Waals surface area contributed by atoms with E-state index >= 15 is 0 Å². The molecule has 0 bridgehead atoms. The van der Waals surface area contributed by atoms with Gasteiger partial charge < -0.3 is 10.2 Å². The van der Waals surface area contributed by atoms with Crippen LogP contribution >= 0.6 is 23.2 Å². The summed E-state index contributed by atoms with van der Waals surface area (Å²) in [5.74, 6) is 0.0729. The third-order valence-corrected chi connectivity index (χ3v) is 4.08. The molecule has 0 saturated carbocycles. The van der Waals surface area contributed by atoms with Crippen molar-refractivity contribution in [2.75, 3.05) is 23.3 Å². The van der Waals surface area contributed by atoms with Gasteiger partial charge in [-0.1, -0.05) is 35.3 Å². The molecular weight excluding hydrogens is 331 g/mol. The number of benzene rings is 2. The number of carbonyl (C=O) groups excluding carboxylic acids is 1. The molecule has 122 valence electrons. The van der Waals surface area contributed by atoms with Crippen LogP contribution in [0, 0.1) is 6.92 Å². The lowest BCUT2D eigenvalue weighted by Gasteiger charge is -2.22. The van der Waals surface area contributed by atoms with Gasteiger partial charge in [-0.2, -0.15) is 0 Å². The Hall–Kier alpha value is -1.71. The number of aryl methyl sites for hydroxylation is 1. The van der Waals surface area contributed by atoms with Gasteiger partial charge in [0.15, 0.2) is 0 Å². The number of hydrogen-bond acceptors (Lipinski definition) is 2. The van der Waals surface area contributed by atoms with E-state index in [1.807, 2.05) is 38.1 Å². The third-order valence-electron chi connectivity index (χ3n) is 3.51. The third kappa shape index (κ3) is 4.88. The number of anilines is 2. The highest BCUT2D eigenvalue weighted by Gasteiger charge is 2.13. The fraction of sp³-hybridized carbons (Fsp3) is 0.278. The zero-order chi connectivity index (χ0) is 16.8. The first kappa shape index (κ1) is 17.6. The molecule has 1 amide bonds. The topological polar surface area (TPSA) is 32.3 Å². The van der Waals surface area contributed by atoms with Gasteiger partial charge >= 0.3 is 0 Å². The molecule has 0 aliphatic rings. The van der Waals surface area contributed by atoms with Gasteiger partial charge in [-0.15, -0.1) is 0 Å². The SMILES string of the molecule is CCN(C(=O)CCNc1cc(Cl)ccc1Cl)c1cccc(C)c1. The Balaban J connectivity index is 1.96. The van der Waals surface area contributed by atoms with Gasteiger partial charge in [-0.05, 0) is 49.7 Å². The highest BCUT2D eigenvalue weighted by atomic mass is 35.5. The summed E-state index contributed by atoms with van der Waals surface area (Å²) in [6.07, 6.45) is 0.380. The van der Waals surface area contributed by atoms with E-state index in [2.05, 4.69) is 5.32 Å². The first-order chi connectivity index (χ1) is 11.0. The van der Waals surface area contributed by atoms with Crippen LogP contribution in [0.1, 0.15) is 18.9 Å². The summed E-state index contributed by atoms with van der Waals surface area (Å²) in [5, 5.41) is 4.36. The van der Waals surface area contributed by atoms with Crippen molar-refractivity contribution in [1.82, 2.24) is 0 Å². The Labute approximate surface area is 147 Å². The average Bonchev–Trinajstić information content (AvgIpc) is 2.51. The van der Waals surface area contributed by atoms with Crippen molar-refractivity contribution in [2.24, 2.45) is 0 Å². The van der Waals surface area contributed by atoms with Crippen LogP contribution in [0.2, 0.25) is 10.0 Å². The van der Waals surface area contributed by atoms with Crippen molar-refractivity contribution < 1.29 is 4.79 Å². The van der Waals surface area contributed by atoms with Crippen molar-refractivity contribution in [3.8, 4) is 0 Å². The molecule has 3 nitrogen and oxygen atoms in total. The second-order valence-electron chi connectivity index (χ2n) is 5.28. The van der Waals surface area contributed by atoms with Crippen molar-refractivity contribution >= 4 is 40.5 Å². The molecule has 0 saturated heterocycles. The lowest BCUT2D eigenvalue weighted by Crippen LogP contribution is -2.31. The molecule has 0 aliphatic heterocycles. The molecule has 0 radical (unpaired) electrons. The minimum absolute atomic E-state index is 0.0729. The smallest absolute Gasteiger partial charge is 0.228 e. The first-order valence-electron chi connectivity index (χ1n) is 7.57. The lowest BCUT2D eigenvalue weighted by molar-refractivity contribution is -0.118. The van der Waals surface area contributed by atoms with E-state index in [1.54, 1.807) is 23.1 Å². The molecule has 2 aromatic rings. The molecule has 2 aromatic carbocycles. The predicted molar refractivity (Wildman–Crippen MR) is 98.8 cm³/mol. The molecule has 0 spiro atoms. The standard InChI is InChI=1S/C18H20Cl2N2O/c1-3-22(15-6-4-5-13(2)11-15)18(23)9-10-21-17-12-14(19)7-8-16(17)20/h4-8,11-12,21H,3,9-10H2,1-2H3. The highest BCUT2D eigenvalue weighted by molar-refractivity contribution is 6.35. The van der Waals surface area contributed by atoms with Crippen LogP contribution in [0.4, 0.5) is 11.4 Å². The van der Waals surface area contributed by atoms with Crippen molar-refractivity contribution in [2.45, 2.75) is 20.3 Å². The molecule has 5 heteroatoms. The van der Waals surface area contributed by atoms with E-state index in [1.165, 1.54) is 0 Å². The maximum atomic E-state index is 12.5. The average molecular weight is 351 g/mol. The number of rotatable bonds is 6. The molecule has 0 heterocycles. The molecule has 1 N–H and O–H groups in total. The van der Waals surface area contributed by atoms with Gasteiger partial charge in [0.05, 0.1) is 10.7 Å². The molecule has 0 unspecified atom stereocenters. The molecule has 2 rings (SSSR count). The number of nitrogens with zero attached hydrogens (tertiary/aromatic N) is 1. The first-order valence-corrected chi connectivity index (χ1v) is 8.33. The summed E-state index contributed by atoms with van der Waals surface area (Å²) < 4.78 is 0. The number of carbonyl (C=O) groups is 1. The summed E-state index contributed by atoms with van der Waals surface area (Å²) in [4.78, 5) is 14.2. The Morgan fingerprint density at radius 2 is 1.96 bits per heavy atom. The molecule has 0 fully saturated rings. The number of hydrogen-bond donors (Lipinski definition) is 1. The summed E-state index contributed by atoms with van der Waals surface area (Å²) in [6.45, 7) is 5.13. The van der Waals surface area contributed by atoms with Gasteiger partial charge in [0.25, 0.3) is 0 Å². The van der Waals surface area contributed by atoms with Gasteiger partial charge in [-0.3, -0.25) is 4.79 Å². The monoisotopic (exact) mass is 350 g/mol. The van der Waals surface area contributed by atoms with Crippen molar-refractivity contribution in [3.63, 3.8) is 0 Å². The Bertz CT molecular complexity index is 688. The van der Waals surface area contributed by atoms with Crippen LogP contribution < -0.4 is 10.2 Å². The molecule has 0 aliphatic carbocycles. The van der Waals surface area contributed by atoms with Gasteiger partial charge in [-0.25, -0.2) is 0 Å². The van der Waals surface area contributed by atoms with E-state index < -0.39 is 0 Å². The maximum Gasteiger partial charge on any atom is 0.228 e. The quantitative estimate of drug-likeness (QED) is 0.780. The van der Waals surface area contributed by atoms with Crippen LogP contribution in [0.5, 0.6) is 0 Å². The maximum absolute atomic E-state index is 12.5. The Kier molecular flexibility index (Phi) is 6.31. The summed E-state index contributed by atoms with van der Waals surface area (Å²) in [7, 11) is 0. The summed E-state index contributed by atoms with van der Waals surface area (Å²) >= 11 is 12.1. The van der Waals surface area contributed by atoms with E-state index in [4.69, 9.17) is 23.2 Å². The zero-order valence-electron chi connectivity index (χ0n) is 13.3. The predicted octanol–water partition coefficient (Wildman–Crippen LogP) is 5.16. The van der Waals surface area contributed by atoms with Gasteiger partial charge in [0.1, 0.15) is 0 Å². The van der Waals surface area contributed by atoms with Crippen LogP contribution in [0.3, 0.4) is 0 Å². The molecule has 0 atom stereocenters. The van der Waals surface area contributed by atoms with E-state index in [0.717, 1.165) is 16.9 Å². The fourth-order valence-corrected chi connectivity index (χ4v) is 2.73. The van der Waals surface area contributed by atoms with Gasteiger partial charge in [0.2, 0.25) is 5.91 Å². The summed E-state index contributed by atoms with van der Waals surface area (Å²) in [6, 6.07) is 13.2. The van der Waals surface area contributed by atoms with Crippen LogP contribution in [-0.2, 0) is 4.79 Å². The second kappa shape index (κ2) is 8.23. The van der Waals surface area contributed by atoms with Crippen molar-refractivity contribution in [3.05, 3.63) is 58.1 Å². The van der Waals surface area contributed by atoms with Gasteiger partial charge in [0, 0.05) is 30.2 Å².